The van der Waals surface area contributed by atoms with Gasteiger partial charge in [-0.1, -0.05) is 36.4 Å². The van der Waals surface area contributed by atoms with E-state index in [1.54, 1.807) is 6.07 Å². The number of fused-ring (bicyclic) bond motifs is 1. The van der Waals surface area contributed by atoms with E-state index in [0.717, 1.165) is 23.5 Å². The Morgan fingerprint density at radius 2 is 1.82 bits per heavy atom. The van der Waals surface area contributed by atoms with Crippen LogP contribution in [0.1, 0.15) is 35.6 Å². The van der Waals surface area contributed by atoms with Crippen LogP contribution in [-0.2, 0) is 6.42 Å². The highest BCUT2D eigenvalue weighted by Crippen LogP contribution is 2.33. The van der Waals surface area contributed by atoms with Crippen molar-refractivity contribution in [3.8, 4) is 0 Å². The first-order valence-corrected chi connectivity index (χ1v) is 9.68. The Balaban J connectivity index is 1.72. The molecule has 2 aromatic carbocycles. The Bertz CT molecular complexity index is 1000. The summed E-state index contributed by atoms with van der Waals surface area (Å²) in [4.78, 5) is 26.5. The summed E-state index contributed by atoms with van der Waals surface area (Å²) in [6, 6.07) is 20.0. The molecule has 0 saturated carbocycles. The number of carbonyl (C=O) groups is 1. The highest BCUT2D eigenvalue weighted by molar-refractivity contribution is 6.06. The summed E-state index contributed by atoms with van der Waals surface area (Å²) in [5, 5.41) is 0. The molecule has 0 fully saturated rings. The van der Waals surface area contributed by atoms with Gasteiger partial charge in [-0.2, -0.15) is 0 Å². The number of aryl methyl sites for hydroxylation is 1. The second kappa shape index (κ2) is 7.43. The SMILES string of the molecule is CCN(c1ccccc1)c1nc(C)cc(C(=O)N2c3ccccc3CC2C)n1. The molecule has 0 aliphatic carbocycles. The van der Waals surface area contributed by atoms with Gasteiger partial charge < -0.3 is 9.80 Å². The van der Waals surface area contributed by atoms with E-state index in [0.29, 0.717) is 18.2 Å². The zero-order chi connectivity index (χ0) is 19.7. The fourth-order valence-electron chi connectivity index (χ4n) is 3.83. The topological polar surface area (TPSA) is 49.3 Å². The van der Waals surface area contributed by atoms with E-state index in [-0.39, 0.29) is 11.9 Å². The second-order valence-electron chi connectivity index (χ2n) is 7.13. The molecule has 0 bridgehead atoms. The Morgan fingerprint density at radius 3 is 2.57 bits per heavy atom. The number of para-hydroxylation sites is 2. The van der Waals surface area contributed by atoms with Gasteiger partial charge in [-0.05, 0) is 57.0 Å². The number of aromatic nitrogens is 2. The minimum Gasteiger partial charge on any atom is -0.311 e. The van der Waals surface area contributed by atoms with Crippen LogP contribution in [0, 0.1) is 6.92 Å². The molecule has 1 aromatic heterocycles. The van der Waals surface area contributed by atoms with Crippen molar-refractivity contribution < 1.29 is 4.79 Å². The average Bonchev–Trinajstić information content (AvgIpc) is 3.04. The molecule has 0 saturated heterocycles. The second-order valence-corrected chi connectivity index (χ2v) is 7.13. The van der Waals surface area contributed by atoms with Gasteiger partial charge in [0, 0.05) is 29.7 Å². The Labute approximate surface area is 165 Å². The molecule has 1 atom stereocenters. The third kappa shape index (κ3) is 3.24. The van der Waals surface area contributed by atoms with E-state index < -0.39 is 0 Å². The molecule has 1 aliphatic rings. The van der Waals surface area contributed by atoms with Gasteiger partial charge in [0.05, 0.1) is 0 Å². The molecular formula is C23H24N4O. The molecule has 1 unspecified atom stereocenters. The Morgan fingerprint density at radius 1 is 1.11 bits per heavy atom. The lowest BCUT2D eigenvalue weighted by Gasteiger charge is -2.24. The van der Waals surface area contributed by atoms with Gasteiger partial charge in [0.15, 0.2) is 0 Å². The largest absolute Gasteiger partial charge is 0.311 e. The Hall–Kier alpha value is -3.21. The summed E-state index contributed by atoms with van der Waals surface area (Å²) in [5.41, 5.74) is 4.40. The van der Waals surface area contributed by atoms with Crippen molar-refractivity contribution in [1.82, 2.24) is 9.97 Å². The summed E-state index contributed by atoms with van der Waals surface area (Å²) in [7, 11) is 0. The van der Waals surface area contributed by atoms with Crippen LogP contribution >= 0.6 is 0 Å². The molecule has 5 heteroatoms. The predicted octanol–water partition coefficient (Wildman–Crippen LogP) is 4.53. The monoisotopic (exact) mass is 372 g/mol. The van der Waals surface area contributed by atoms with Crippen molar-refractivity contribution >= 4 is 23.2 Å². The van der Waals surface area contributed by atoms with Crippen molar-refractivity contribution in [2.24, 2.45) is 0 Å². The molecule has 28 heavy (non-hydrogen) atoms. The molecular weight excluding hydrogens is 348 g/mol. The summed E-state index contributed by atoms with van der Waals surface area (Å²) in [6.07, 6.45) is 0.865. The summed E-state index contributed by atoms with van der Waals surface area (Å²) in [5.74, 6) is 0.477. The lowest BCUT2D eigenvalue weighted by atomic mass is 10.1. The lowest BCUT2D eigenvalue weighted by Crippen LogP contribution is -2.36. The first-order valence-electron chi connectivity index (χ1n) is 9.68. The van der Waals surface area contributed by atoms with Crippen LogP contribution in [0.25, 0.3) is 0 Å². The van der Waals surface area contributed by atoms with Crippen LogP contribution in [0.2, 0.25) is 0 Å². The fraction of sp³-hybridized carbons (Fsp3) is 0.261. The zero-order valence-electron chi connectivity index (χ0n) is 16.5. The van der Waals surface area contributed by atoms with E-state index >= 15 is 0 Å². The molecule has 1 amide bonds. The molecule has 2 heterocycles. The third-order valence-electron chi connectivity index (χ3n) is 5.11. The van der Waals surface area contributed by atoms with Crippen LogP contribution in [-0.4, -0.2) is 28.5 Å². The molecule has 1 aliphatic heterocycles. The molecule has 3 aromatic rings. The minimum atomic E-state index is -0.0756. The van der Waals surface area contributed by atoms with Crippen molar-refractivity contribution in [1.29, 1.82) is 0 Å². The van der Waals surface area contributed by atoms with Gasteiger partial charge in [-0.3, -0.25) is 4.79 Å². The van der Waals surface area contributed by atoms with E-state index in [4.69, 9.17) is 0 Å². The molecule has 4 rings (SSSR count). The van der Waals surface area contributed by atoms with Crippen molar-refractivity contribution in [3.05, 3.63) is 77.6 Å². The first kappa shape index (κ1) is 18.2. The summed E-state index contributed by atoms with van der Waals surface area (Å²) in [6.45, 7) is 6.75. The van der Waals surface area contributed by atoms with E-state index in [2.05, 4.69) is 29.9 Å². The number of rotatable bonds is 4. The van der Waals surface area contributed by atoms with Gasteiger partial charge in [0.2, 0.25) is 5.95 Å². The van der Waals surface area contributed by atoms with E-state index in [1.807, 2.05) is 65.3 Å². The van der Waals surface area contributed by atoms with Crippen LogP contribution in [0.4, 0.5) is 17.3 Å². The maximum Gasteiger partial charge on any atom is 0.277 e. The first-order chi connectivity index (χ1) is 13.6. The normalized spacial score (nSPS) is 15.4. The smallest absolute Gasteiger partial charge is 0.277 e. The van der Waals surface area contributed by atoms with Crippen LogP contribution < -0.4 is 9.80 Å². The number of amides is 1. The fourth-order valence-corrected chi connectivity index (χ4v) is 3.83. The molecule has 0 N–H and O–H groups in total. The highest BCUT2D eigenvalue weighted by Gasteiger charge is 2.32. The van der Waals surface area contributed by atoms with Crippen LogP contribution in [0.5, 0.6) is 0 Å². The average molecular weight is 372 g/mol. The number of carbonyl (C=O) groups excluding carboxylic acids is 1. The maximum absolute atomic E-state index is 13.4. The number of hydrogen-bond donors (Lipinski definition) is 0. The van der Waals surface area contributed by atoms with Crippen LogP contribution in [0.15, 0.2) is 60.7 Å². The third-order valence-corrected chi connectivity index (χ3v) is 5.11. The number of benzene rings is 2. The van der Waals surface area contributed by atoms with Gasteiger partial charge >= 0.3 is 0 Å². The number of nitrogens with zero attached hydrogens (tertiary/aromatic N) is 4. The van der Waals surface area contributed by atoms with Gasteiger partial charge in [-0.25, -0.2) is 9.97 Å². The summed E-state index contributed by atoms with van der Waals surface area (Å²) >= 11 is 0. The molecule has 0 spiro atoms. The summed E-state index contributed by atoms with van der Waals surface area (Å²) < 4.78 is 0. The lowest BCUT2D eigenvalue weighted by molar-refractivity contribution is 0.0976. The zero-order valence-corrected chi connectivity index (χ0v) is 16.5. The van der Waals surface area contributed by atoms with E-state index in [9.17, 15) is 4.79 Å². The molecule has 0 radical (unpaired) electrons. The van der Waals surface area contributed by atoms with Gasteiger partial charge in [-0.15, -0.1) is 0 Å². The Kier molecular flexibility index (Phi) is 4.82. The number of anilines is 3. The predicted molar refractivity (Wildman–Crippen MR) is 112 cm³/mol. The van der Waals surface area contributed by atoms with Crippen molar-refractivity contribution in [2.45, 2.75) is 33.2 Å². The molecule has 142 valence electrons. The maximum atomic E-state index is 13.4. The van der Waals surface area contributed by atoms with Gasteiger partial charge in [0.25, 0.3) is 5.91 Å². The van der Waals surface area contributed by atoms with Crippen molar-refractivity contribution in [2.75, 3.05) is 16.3 Å². The van der Waals surface area contributed by atoms with Crippen molar-refractivity contribution in [3.63, 3.8) is 0 Å². The van der Waals surface area contributed by atoms with Crippen LogP contribution in [0.3, 0.4) is 0 Å². The minimum absolute atomic E-state index is 0.0756. The van der Waals surface area contributed by atoms with E-state index in [1.165, 1.54) is 5.56 Å². The van der Waals surface area contributed by atoms with Gasteiger partial charge in [0.1, 0.15) is 5.69 Å². The highest BCUT2D eigenvalue weighted by atomic mass is 16.2. The quantitative estimate of drug-likeness (QED) is 0.675. The number of hydrogen-bond acceptors (Lipinski definition) is 4. The standard InChI is InChI=1S/C23H24N4O/c1-4-26(19-11-6-5-7-12-19)23-24-16(2)14-20(25-23)22(28)27-17(3)15-18-10-8-9-13-21(18)27/h5-14,17H,4,15H2,1-3H3. The molecule has 5 nitrogen and oxygen atoms in total.